The van der Waals surface area contributed by atoms with Crippen molar-refractivity contribution in [2.45, 2.75) is 25.9 Å². The molecule has 0 N–H and O–H groups in total. The molecule has 0 fully saturated rings. The Morgan fingerprint density at radius 3 is 2.57 bits per heavy atom. The number of amides is 1. The van der Waals surface area contributed by atoms with Crippen LogP contribution in [0.1, 0.15) is 19.8 Å². The van der Waals surface area contributed by atoms with Crippen molar-refractivity contribution in [3.8, 4) is 0 Å². The summed E-state index contributed by atoms with van der Waals surface area (Å²) in [5, 5.41) is 0. The summed E-state index contributed by atoms with van der Waals surface area (Å²) in [7, 11) is 0. The molecule has 0 atom stereocenters. The van der Waals surface area contributed by atoms with Crippen LogP contribution in [0.2, 0.25) is 0 Å². The van der Waals surface area contributed by atoms with Crippen LogP contribution >= 0.6 is 0 Å². The molecule has 2 nitrogen and oxygen atoms in total. The molecular formula is C9H12F3NO. The smallest absolute Gasteiger partial charge is 0.339 e. The predicted molar refractivity (Wildman–Crippen MR) is 45.6 cm³/mol. The fourth-order valence-electron chi connectivity index (χ4n) is 1.39. The third-order valence-corrected chi connectivity index (χ3v) is 2.12. The van der Waals surface area contributed by atoms with Gasteiger partial charge in [-0.2, -0.15) is 13.2 Å². The Morgan fingerprint density at radius 1 is 1.50 bits per heavy atom. The standard InChI is InChI=1S/C9H12F3NO/c1-2-4-13-5-3-7(6-8(13)14)9(10,11)12/h6H,2-5H2,1H3. The number of hydrogen-bond donors (Lipinski definition) is 0. The van der Waals surface area contributed by atoms with Gasteiger partial charge in [0.1, 0.15) is 0 Å². The van der Waals surface area contributed by atoms with Gasteiger partial charge in [0.05, 0.1) is 0 Å². The van der Waals surface area contributed by atoms with E-state index in [1.54, 1.807) is 0 Å². The minimum Gasteiger partial charge on any atom is -0.339 e. The molecule has 80 valence electrons. The maximum Gasteiger partial charge on any atom is 0.412 e. The summed E-state index contributed by atoms with van der Waals surface area (Å²) in [6.45, 7) is 2.59. The molecule has 0 aromatic carbocycles. The maximum atomic E-state index is 12.2. The fraction of sp³-hybridized carbons (Fsp3) is 0.667. The quantitative estimate of drug-likeness (QED) is 0.679. The van der Waals surface area contributed by atoms with Crippen LogP contribution in [0.4, 0.5) is 13.2 Å². The topological polar surface area (TPSA) is 20.3 Å². The molecule has 1 amide bonds. The Morgan fingerprint density at radius 2 is 2.14 bits per heavy atom. The van der Waals surface area contributed by atoms with Crippen molar-refractivity contribution >= 4 is 5.91 Å². The number of rotatable bonds is 2. The van der Waals surface area contributed by atoms with E-state index in [1.807, 2.05) is 6.92 Å². The zero-order valence-electron chi connectivity index (χ0n) is 7.90. The Balaban J connectivity index is 2.71. The first-order valence-corrected chi connectivity index (χ1v) is 4.52. The highest BCUT2D eigenvalue weighted by Crippen LogP contribution is 2.30. The van der Waals surface area contributed by atoms with Gasteiger partial charge >= 0.3 is 6.18 Å². The zero-order valence-corrected chi connectivity index (χ0v) is 7.90. The monoisotopic (exact) mass is 207 g/mol. The van der Waals surface area contributed by atoms with E-state index in [4.69, 9.17) is 0 Å². The largest absolute Gasteiger partial charge is 0.412 e. The molecule has 0 spiro atoms. The summed E-state index contributed by atoms with van der Waals surface area (Å²) < 4.78 is 36.6. The SMILES string of the molecule is CCCN1CCC(C(F)(F)F)=CC1=O. The highest BCUT2D eigenvalue weighted by Gasteiger charge is 2.36. The van der Waals surface area contributed by atoms with E-state index in [2.05, 4.69) is 0 Å². The van der Waals surface area contributed by atoms with Crippen LogP contribution in [0, 0.1) is 0 Å². The third-order valence-electron chi connectivity index (χ3n) is 2.12. The number of carbonyl (C=O) groups excluding carboxylic acids is 1. The second kappa shape index (κ2) is 4.02. The van der Waals surface area contributed by atoms with Crippen molar-refractivity contribution in [3.63, 3.8) is 0 Å². The van der Waals surface area contributed by atoms with E-state index in [9.17, 15) is 18.0 Å². The summed E-state index contributed by atoms with van der Waals surface area (Å²) in [6, 6.07) is 0. The van der Waals surface area contributed by atoms with Crippen molar-refractivity contribution in [1.29, 1.82) is 0 Å². The summed E-state index contributed by atoms with van der Waals surface area (Å²) in [6.07, 6.45) is -2.97. The molecular weight excluding hydrogens is 195 g/mol. The Kier molecular flexibility index (Phi) is 3.18. The summed E-state index contributed by atoms with van der Waals surface area (Å²) in [4.78, 5) is 12.6. The van der Waals surface area contributed by atoms with E-state index < -0.39 is 17.7 Å². The van der Waals surface area contributed by atoms with Crippen molar-refractivity contribution in [2.24, 2.45) is 0 Å². The lowest BCUT2D eigenvalue weighted by atomic mass is 10.1. The van der Waals surface area contributed by atoms with Gasteiger partial charge in [-0.05, 0) is 12.8 Å². The van der Waals surface area contributed by atoms with Gasteiger partial charge < -0.3 is 4.90 Å². The van der Waals surface area contributed by atoms with Gasteiger partial charge in [0.15, 0.2) is 0 Å². The molecule has 0 radical (unpaired) electrons. The lowest BCUT2D eigenvalue weighted by Crippen LogP contribution is -2.36. The normalized spacial score (nSPS) is 18.4. The number of carbonyl (C=O) groups is 1. The third kappa shape index (κ3) is 2.49. The predicted octanol–water partition coefficient (Wildman–Crippen LogP) is 2.12. The first-order chi connectivity index (χ1) is 6.45. The molecule has 0 aromatic heterocycles. The zero-order chi connectivity index (χ0) is 10.8. The highest BCUT2D eigenvalue weighted by atomic mass is 19.4. The van der Waals surface area contributed by atoms with Crippen molar-refractivity contribution in [3.05, 3.63) is 11.6 Å². The van der Waals surface area contributed by atoms with Crippen LogP contribution < -0.4 is 0 Å². The van der Waals surface area contributed by atoms with E-state index in [0.29, 0.717) is 12.6 Å². The molecule has 1 aliphatic heterocycles. The van der Waals surface area contributed by atoms with E-state index in [1.165, 1.54) is 4.90 Å². The van der Waals surface area contributed by atoms with Crippen LogP contribution in [0.5, 0.6) is 0 Å². The number of hydrogen-bond acceptors (Lipinski definition) is 1. The van der Waals surface area contributed by atoms with Gasteiger partial charge in [-0.25, -0.2) is 0 Å². The number of halogens is 3. The second-order valence-electron chi connectivity index (χ2n) is 3.24. The van der Waals surface area contributed by atoms with Gasteiger partial charge in [-0.15, -0.1) is 0 Å². The van der Waals surface area contributed by atoms with E-state index in [0.717, 1.165) is 6.42 Å². The minimum atomic E-state index is -4.35. The Bertz CT molecular complexity index is 257. The van der Waals surface area contributed by atoms with Crippen LogP contribution in [0.25, 0.3) is 0 Å². The fourth-order valence-corrected chi connectivity index (χ4v) is 1.39. The van der Waals surface area contributed by atoms with Crippen molar-refractivity contribution in [2.75, 3.05) is 13.1 Å². The second-order valence-corrected chi connectivity index (χ2v) is 3.24. The molecule has 0 saturated heterocycles. The highest BCUT2D eigenvalue weighted by molar-refractivity contribution is 5.89. The van der Waals surface area contributed by atoms with Gasteiger partial charge in [-0.3, -0.25) is 4.79 Å². The Hall–Kier alpha value is -1.00. The molecule has 5 heteroatoms. The molecule has 0 aliphatic carbocycles. The maximum absolute atomic E-state index is 12.2. The average molecular weight is 207 g/mol. The van der Waals surface area contributed by atoms with E-state index >= 15 is 0 Å². The van der Waals surface area contributed by atoms with Gasteiger partial charge in [0, 0.05) is 24.7 Å². The van der Waals surface area contributed by atoms with Crippen LogP contribution in [0.3, 0.4) is 0 Å². The van der Waals surface area contributed by atoms with Gasteiger partial charge in [-0.1, -0.05) is 6.92 Å². The lowest BCUT2D eigenvalue weighted by Gasteiger charge is -2.26. The van der Waals surface area contributed by atoms with Gasteiger partial charge in [0.2, 0.25) is 5.91 Å². The molecule has 14 heavy (non-hydrogen) atoms. The molecule has 0 bridgehead atoms. The van der Waals surface area contributed by atoms with Crippen LogP contribution in [0.15, 0.2) is 11.6 Å². The molecule has 1 rings (SSSR count). The summed E-state index contributed by atoms with van der Waals surface area (Å²) in [5.41, 5.74) is -0.713. The van der Waals surface area contributed by atoms with Crippen LogP contribution in [-0.2, 0) is 4.79 Å². The molecule has 0 saturated carbocycles. The molecule has 1 aliphatic rings. The van der Waals surface area contributed by atoms with E-state index in [-0.39, 0.29) is 13.0 Å². The average Bonchev–Trinajstić information content (AvgIpc) is 2.07. The van der Waals surface area contributed by atoms with Crippen molar-refractivity contribution < 1.29 is 18.0 Å². The summed E-state index contributed by atoms with van der Waals surface area (Å²) in [5.74, 6) is -0.523. The summed E-state index contributed by atoms with van der Waals surface area (Å²) >= 11 is 0. The first-order valence-electron chi connectivity index (χ1n) is 4.52. The molecule has 1 heterocycles. The molecule has 0 unspecified atom stereocenters. The van der Waals surface area contributed by atoms with Gasteiger partial charge in [0.25, 0.3) is 0 Å². The van der Waals surface area contributed by atoms with Crippen molar-refractivity contribution in [1.82, 2.24) is 4.90 Å². The Labute approximate surface area is 80.4 Å². The molecule has 0 aromatic rings. The van der Waals surface area contributed by atoms with Crippen LogP contribution in [-0.4, -0.2) is 30.1 Å². The lowest BCUT2D eigenvalue weighted by molar-refractivity contribution is -0.130. The first kappa shape index (κ1) is 11.1. The number of alkyl halides is 3. The minimum absolute atomic E-state index is 0.0881. The number of nitrogens with zero attached hydrogens (tertiary/aromatic N) is 1.